The molecular formula is C9H8O5S. The first kappa shape index (κ1) is 9.35. The van der Waals surface area contributed by atoms with Crippen LogP contribution in [0.3, 0.4) is 0 Å². The summed E-state index contributed by atoms with van der Waals surface area (Å²) in [6.07, 6.45) is -0.572. The smallest absolute Gasteiger partial charge is 0.309 e. The van der Waals surface area contributed by atoms with Gasteiger partial charge in [0.2, 0.25) is 10.2 Å². The molecular weight excluding hydrogens is 220 g/mol. The summed E-state index contributed by atoms with van der Waals surface area (Å²) in [5.74, 6) is -2.45. The molecule has 3 aliphatic heterocycles. The maximum atomic E-state index is 11.5. The molecule has 6 heteroatoms. The van der Waals surface area contributed by atoms with Gasteiger partial charge in [-0.1, -0.05) is 0 Å². The molecule has 5 nitrogen and oxygen atoms in total. The SMILES string of the molecule is O=C1SC(=O)[C@@H]2[C@H]1[C@H]1O[C@H]2C[C@@H]1C(=O)O. The molecule has 0 aromatic rings. The summed E-state index contributed by atoms with van der Waals surface area (Å²) < 4.78 is 5.42. The predicted molar refractivity (Wildman–Crippen MR) is 49.0 cm³/mol. The van der Waals surface area contributed by atoms with E-state index in [1.807, 2.05) is 0 Å². The fourth-order valence-electron chi connectivity index (χ4n) is 2.79. The zero-order valence-electron chi connectivity index (χ0n) is 7.58. The van der Waals surface area contributed by atoms with E-state index in [0.29, 0.717) is 6.42 Å². The first-order valence-electron chi connectivity index (χ1n) is 4.73. The average molecular weight is 228 g/mol. The average Bonchev–Trinajstić information content (AvgIpc) is 2.77. The monoisotopic (exact) mass is 228 g/mol. The van der Waals surface area contributed by atoms with E-state index in [0.717, 1.165) is 11.8 Å². The molecule has 0 aliphatic carbocycles. The third-order valence-electron chi connectivity index (χ3n) is 3.42. The van der Waals surface area contributed by atoms with Crippen molar-refractivity contribution in [3.05, 3.63) is 0 Å². The number of aliphatic carboxylic acids is 1. The zero-order chi connectivity index (χ0) is 10.7. The van der Waals surface area contributed by atoms with E-state index in [1.54, 1.807) is 0 Å². The Morgan fingerprint density at radius 1 is 1.33 bits per heavy atom. The quantitative estimate of drug-likeness (QED) is 0.674. The molecule has 0 radical (unpaired) electrons. The highest BCUT2D eigenvalue weighted by Crippen LogP contribution is 2.53. The molecule has 80 valence electrons. The number of fused-ring (bicyclic) bond motifs is 5. The predicted octanol–water partition coefficient (Wildman–Crippen LogP) is -0.109. The summed E-state index contributed by atoms with van der Waals surface area (Å²) in [5, 5.41) is 8.55. The molecule has 3 aliphatic rings. The highest BCUT2D eigenvalue weighted by molar-refractivity contribution is 8.26. The maximum absolute atomic E-state index is 11.5. The van der Waals surface area contributed by atoms with Gasteiger partial charge in [-0.25, -0.2) is 0 Å². The number of carbonyl (C=O) groups is 3. The van der Waals surface area contributed by atoms with Crippen LogP contribution in [-0.2, 0) is 19.1 Å². The van der Waals surface area contributed by atoms with Crippen LogP contribution in [0.1, 0.15) is 6.42 Å². The fraction of sp³-hybridized carbons (Fsp3) is 0.667. The van der Waals surface area contributed by atoms with Gasteiger partial charge in [-0.05, 0) is 18.2 Å². The summed E-state index contributed by atoms with van der Waals surface area (Å²) in [5.41, 5.74) is 0. The summed E-state index contributed by atoms with van der Waals surface area (Å²) >= 11 is 0.723. The van der Waals surface area contributed by atoms with Crippen molar-refractivity contribution in [1.29, 1.82) is 0 Å². The Kier molecular flexibility index (Phi) is 1.76. The summed E-state index contributed by atoms with van der Waals surface area (Å²) in [6.45, 7) is 0. The standard InChI is InChI=1S/C9H8O5S/c10-7(11)2-1-3-4-5(6(2)14-3)9(13)15-8(4)12/h2-6H,1H2,(H,10,11)/t2-,3-,4-,5-,6-/m0/s1. The molecule has 0 aromatic carbocycles. The van der Waals surface area contributed by atoms with Gasteiger partial charge in [-0.3, -0.25) is 14.4 Å². The highest BCUT2D eigenvalue weighted by Gasteiger charge is 2.64. The van der Waals surface area contributed by atoms with Crippen molar-refractivity contribution in [1.82, 2.24) is 0 Å². The Labute approximate surface area is 89.2 Å². The van der Waals surface area contributed by atoms with Crippen LogP contribution in [0.5, 0.6) is 0 Å². The zero-order valence-corrected chi connectivity index (χ0v) is 8.40. The number of rotatable bonds is 1. The molecule has 0 unspecified atom stereocenters. The van der Waals surface area contributed by atoms with Gasteiger partial charge < -0.3 is 9.84 Å². The van der Waals surface area contributed by atoms with Crippen molar-refractivity contribution >= 4 is 28.0 Å². The summed E-state index contributed by atoms with van der Waals surface area (Å²) in [6, 6.07) is 0. The van der Waals surface area contributed by atoms with Gasteiger partial charge in [-0.15, -0.1) is 0 Å². The lowest BCUT2D eigenvalue weighted by Crippen LogP contribution is -2.38. The lowest BCUT2D eigenvalue weighted by atomic mass is 9.75. The Bertz CT molecular complexity index is 379. The Hall–Kier alpha value is -0.880. The number of carboxylic acids is 1. The van der Waals surface area contributed by atoms with Gasteiger partial charge in [0.25, 0.3) is 0 Å². The molecule has 15 heavy (non-hydrogen) atoms. The second-order valence-electron chi connectivity index (χ2n) is 4.11. The normalized spacial score (nSPS) is 47.3. The molecule has 0 aromatic heterocycles. The van der Waals surface area contributed by atoms with E-state index in [-0.39, 0.29) is 22.3 Å². The van der Waals surface area contributed by atoms with Crippen molar-refractivity contribution < 1.29 is 24.2 Å². The molecule has 0 spiro atoms. The van der Waals surface area contributed by atoms with E-state index < -0.39 is 23.9 Å². The molecule has 0 amide bonds. The van der Waals surface area contributed by atoms with Gasteiger partial charge >= 0.3 is 5.97 Å². The molecule has 3 rings (SSSR count). The van der Waals surface area contributed by atoms with E-state index in [1.165, 1.54) is 0 Å². The minimum Gasteiger partial charge on any atom is -0.481 e. The number of carboxylic acid groups (broad SMARTS) is 1. The van der Waals surface area contributed by atoms with E-state index >= 15 is 0 Å². The van der Waals surface area contributed by atoms with Crippen LogP contribution in [0.25, 0.3) is 0 Å². The van der Waals surface area contributed by atoms with Gasteiger partial charge in [0.05, 0.1) is 30.0 Å². The minimum atomic E-state index is -0.932. The van der Waals surface area contributed by atoms with Crippen LogP contribution in [0.15, 0.2) is 0 Å². The van der Waals surface area contributed by atoms with Crippen LogP contribution in [0.2, 0.25) is 0 Å². The van der Waals surface area contributed by atoms with E-state index in [9.17, 15) is 14.4 Å². The molecule has 3 saturated heterocycles. The van der Waals surface area contributed by atoms with Crippen LogP contribution in [0.4, 0.5) is 0 Å². The van der Waals surface area contributed by atoms with Crippen LogP contribution >= 0.6 is 11.8 Å². The largest absolute Gasteiger partial charge is 0.481 e. The van der Waals surface area contributed by atoms with E-state index in [2.05, 4.69) is 0 Å². The lowest BCUT2D eigenvalue weighted by molar-refractivity contribution is -0.144. The Morgan fingerprint density at radius 2 is 2.00 bits per heavy atom. The third-order valence-corrected chi connectivity index (χ3v) is 4.37. The van der Waals surface area contributed by atoms with Crippen molar-refractivity contribution in [2.24, 2.45) is 17.8 Å². The van der Waals surface area contributed by atoms with Crippen molar-refractivity contribution in [3.63, 3.8) is 0 Å². The molecule has 5 atom stereocenters. The van der Waals surface area contributed by atoms with Gasteiger partial charge in [0, 0.05) is 0 Å². The third kappa shape index (κ3) is 1.06. The van der Waals surface area contributed by atoms with Gasteiger partial charge in [-0.2, -0.15) is 0 Å². The number of thioether (sulfide) groups is 1. The first-order chi connectivity index (χ1) is 7.09. The maximum Gasteiger partial charge on any atom is 0.309 e. The highest BCUT2D eigenvalue weighted by atomic mass is 32.2. The second-order valence-corrected chi connectivity index (χ2v) is 5.12. The molecule has 1 N–H and O–H groups in total. The van der Waals surface area contributed by atoms with Crippen LogP contribution < -0.4 is 0 Å². The molecule has 3 heterocycles. The molecule has 3 fully saturated rings. The first-order valence-corrected chi connectivity index (χ1v) is 5.55. The molecule has 0 saturated carbocycles. The lowest BCUT2D eigenvalue weighted by Gasteiger charge is -2.22. The van der Waals surface area contributed by atoms with Crippen LogP contribution in [-0.4, -0.2) is 33.5 Å². The van der Waals surface area contributed by atoms with Gasteiger partial charge in [0.15, 0.2) is 0 Å². The summed E-state index contributed by atoms with van der Waals surface area (Å²) in [7, 11) is 0. The van der Waals surface area contributed by atoms with Crippen molar-refractivity contribution in [3.8, 4) is 0 Å². The van der Waals surface area contributed by atoms with Crippen LogP contribution in [0, 0.1) is 17.8 Å². The second kappa shape index (κ2) is 2.82. The Balaban J connectivity index is 1.95. The van der Waals surface area contributed by atoms with Crippen molar-refractivity contribution in [2.75, 3.05) is 0 Å². The van der Waals surface area contributed by atoms with Crippen molar-refractivity contribution in [2.45, 2.75) is 18.6 Å². The number of carbonyl (C=O) groups excluding carboxylic acids is 2. The van der Waals surface area contributed by atoms with Gasteiger partial charge in [0.1, 0.15) is 0 Å². The summed E-state index contributed by atoms with van der Waals surface area (Å²) in [4.78, 5) is 33.8. The Morgan fingerprint density at radius 3 is 2.67 bits per heavy atom. The fourth-order valence-corrected chi connectivity index (χ4v) is 3.84. The molecule has 2 bridgehead atoms. The number of hydrogen-bond donors (Lipinski definition) is 1. The number of hydrogen-bond acceptors (Lipinski definition) is 5. The minimum absolute atomic E-state index is 0.152. The topological polar surface area (TPSA) is 80.7 Å². The number of ether oxygens (including phenoxy) is 1. The van der Waals surface area contributed by atoms with E-state index in [4.69, 9.17) is 9.84 Å².